The molecule has 1 rings (SSSR count). The molecule has 1 aliphatic rings. The van der Waals surface area contributed by atoms with Crippen molar-refractivity contribution in [1.82, 2.24) is 10.6 Å². The fourth-order valence-corrected chi connectivity index (χ4v) is 2.11. The highest BCUT2D eigenvalue weighted by molar-refractivity contribution is 7.80. The highest BCUT2D eigenvalue weighted by Gasteiger charge is 2.17. The summed E-state index contributed by atoms with van der Waals surface area (Å²) in [7, 11) is 0. The minimum Gasteiger partial charge on any atom is -0.360 e. The summed E-state index contributed by atoms with van der Waals surface area (Å²) < 4.78 is 0. The molecule has 1 saturated carbocycles. The van der Waals surface area contributed by atoms with Crippen LogP contribution in [0, 0.1) is 0 Å². The average molecular weight is 200 g/mol. The first kappa shape index (κ1) is 10.8. The fraction of sp³-hybridized carbons (Fsp3) is 0.900. The second kappa shape index (κ2) is 4.27. The van der Waals surface area contributed by atoms with Gasteiger partial charge in [-0.25, -0.2) is 0 Å². The second-order valence-electron chi connectivity index (χ2n) is 4.83. The summed E-state index contributed by atoms with van der Waals surface area (Å²) >= 11 is 5.22. The smallest absolute Gasteiger partial charge is 0.166 e. The number of hydrogen-bond acceptors (Lipinski definition) is 1. The molecule has 2 nitrogen and oxygen atoms in total. The lowest BCUT2D eigenvalue weighted by Gasteiger charge is -2.25. The first-order chi connectivity index (χ1) is 5.97. The van der Waals surface area contributed by atoms with E-state index in [9.17, 15) is 0 Å². The zero-order valence-corrected chi connectivity index (χ0v) is 9.63. The standard InChI is InChI=1S/C10H20N2S/c1-10(2,3)12-9(13)11-8-6-4-5-7-8/h8H,4-7H2,1-3H3,(H2,11,12,13). The molecular weight excluding hydrogens is 180 g/mol. The van der Waals surface area contributed by atoms with Gasteiger partial charge in [0.25, 0.3) is 0 Å². The maximum atomic E-state index is 5.22. The van der Waals surface area contributed by atoms with Crippen LogP contribution in [0.2, 0.25) is 0 Å². The predicted molar refractivity (Wildman–Crippen MR) is 60.9 cm³/mol. The van der Waals surface area contributed by atoms with E-state index in [2.05, 4.69) is 31.4 Å². The van der Waals surface area contributed by atoms with Crippen LogP contribution in [-0.4, -0.2) is 16.7 Å². The summed E-state index contributed by atoms with van der Waals surface area (Å²) in [5.74, 6) is 0. The third-order valence-electron chi connectivity index (χ3n) is 2.18. The molecule has 0 amide bonds. The van der Waals surface area contributed by atoms with Crippen LogP contribution in [0.5, 0.6) is 0 Å². The lowest BCUT2D eigenvalue weighted by molar-refractivity contribution is 0.497. The largest absolute Gasteiger partial charge is 0.360 e. The molecule has 0 heterocycles. The Balaban J connectivity index is 2.24. The number of nitrogens with one attached hydrogen (secondary N) is 2. The normalized spacial score (nSPS) is 18.7. The van der Waals surface area contributed by atoms with Crippen LogP contribution in [-0.2, 0) is 0 Å². The van der Waals surface area contributed by atoms with Gasteiger partial charge in [0.1, 0.15) is 0 Å². The van der Waals surface area contributed by atoms with Crippen LogP contribution in [0.15, 0.2) is 0 Å². The molecule has 76 valence electrons. The summed E-state index contributed by atoms with van der Waals surface area (Å²) in [5, 5.41) is 7.43. The number of thiocarbonyl (C=S) groups is 1. The topological polar surface area (TPSA) is 24.1 Å². The third kappa shape index (κ3) is 4.46. The minimum atomic E-state index is 0.0721. The maximum Gasteiger partial charge on any atom is 0.166 e. The van der Waals surface area contributed by atoms with Crippen molar-refractivity contribution in [2.75, 3.05) is 0 Å². The molecule has 1 aliphatic carbocycles. The van der Waals surface area contributed by atoms with E-state index in [-0.39, 0.29) is 5.54 Å². The number of rotatable bonds is 1. The Morgan fingerprint density at radius 2 is 1.77 bits per heavy atom. The van der Waals surface area contributed by atoms with Crippen molar-refractivity contribution in [3.63, 3.8) is 0 Å². The van der Waals surface area contributed by atoms with Crippen molar-refractivity contribution in [1.29, 1.82) is 0 Å². The molecule has 0 bridgehead atoms. The summed E-state index contributed by atoms with van der Waals surface area (Å²) in [6.07, 6.45) is 5.23. The zero-order valence-electron chi connectivity index (χ0n) is 8.81. The van der Waals surface area contributed by atoms with E-state index in [4.69, 9.17) is 12.2 Å². The molecule has 0 aromatic rings. The van der Waals surface area contributed by atoms with Crippen LogP contribution in [0.4, 0.5) is 0 Å². The fourth-order valence-electron chi connectivity index (χ4n) is 1.63. The van der Waals surface area contributed by atoms with Gasteiger partial charge in [0.2, 0.25) is 0 Å². The van der Waals surface area contributed by atoms with E-state index in [1.807, 2.05) is 0 Å². The number of hydrogen-bond donors (Lipinski definition) is 2. The molecule has 13 heavy (non-hydrogen) atoms. The average Bonchev–Trinajstić information content (AvgIpc) is 2.34. The van der Waals surface area contributed by atoms with Crippen molar-refractivity contribution >= 4 is 17.3 Å². The summed E-state index contributed by atoms with van der Waals surface area (Å²) in [6, 6.07) is 0.613. The van der Waals surface area contributed by atoms with Gasteiger partial charge in [-0.15, -0.1) is 0 Å². The van der Waals surface area contributed by atoms with E-state index < -0.39 is 0 Å². The van der Waals surface area contributed by atoms with E-state index in [0.717, 1.165) is 5.11 Å². The van der Waals surface area contributed by atoms with Gasteiger partial charge < -0.3 is 10.6 Å². The second-order valence-corrected chi connectivity index (χ2v) is 5.24. The van der Waals surface area contributed by atoms with Gasteiger partial charge in [0, 0.05) is 11.6 Å². The lowest BCUT2D eigenvalue weighted by atomic mass is 10.1. The molecule has 0 aromatic heterocycles. The monoisotopic (exact) mass is 200 g/mol. The molecule has 2 N–H and O–H groups in total. The van der Waals surface area contributed by atoms with Crippen LogP contribution in [0.1, 0.15) is 46.5 Å². The van der Waals surface area contributed by atoms with Crippen molar-refractivity contribution in [3.8, 4) is 0 Å². The Kier molecular flexibility index (Phi) is 3.54. The maximum absolute atomic E-state index is 5.22. The first-order valence-corrected chi connectivity index (χ1v) is 5.47. The quantitative estimate of drug-likeness (QED) is 0.635. The minimum absolute atomic E-state index is 0.0721. The Bertz CT molecular complexity index is 178. The summed E-state index contributed by atoms with van der Waals surface area (Å²) in [4.78, 5) is 0. The molecule has 0 aromatic carbocycles. The van der Waals surface area contributed by atoms with Crippen LogP contribution in [0.25, 0.3) is 0 Å². The molecule has 0 radical (unpaired) electrons. The van der Waals surface area contributed by atoms with Gasteiger partial charge in [0.05, 0.1) is 0 Å². The Hall–Kier alpha value is -0.310. The SMILES string of the molecule is CC(C)(C)NC(=S)NC1CCCC1. The van der Waals surface area contributed by atoms with Crippen molar-refractivity contribution < 1.29 is 0 Å². The molecule has 0 saturated heterocycles. The van der Waals surface area contributed by atoms with Crippen molar-refractivity contribution in [2.45, 2.75) is 58.0 Å². The van der Waals surface area contributed by atoms with Crippen LogP contribution >= 0.6 is 12.2 Å². The molecular formula is C10H20N2S. The molecule has 1 fully saturated rings. The molecule has 3 heteroatoms. The highest BCUT2D eigenvalue weighted by Crippen LogP contribution is 2.17. The summed E-state index contributed by atoms with van der Waals surface area (Å²) in [6.45, 7) is 6.36. The first-order valence-electron chi connectivity index (χ1n) is 5.06. The molecule has 0 unspecified atom stereocenters. The van der Waals surface area contributed by atoms with Gasteiger partial charge in [-0.2, -0.15) is 0 Å². The van der Waals surface area contributed by atoms with Gasteiger partial charge in [-0.3, -0.25) is 0 Å². The van der Waals surface area contributed by atoms with Gasteiger partial charge in [-0.1, -0.05) is 12.8 Å². The van der Waals surface area contributed by atoms with Gasteiger partial charge in [0.15, 0.2) is 5.11 Å². The van der Waals surface area contributed by atoms with Gasteiger partial charge in [-0.05, 0) is 45.8 Å². The molecule has 0 atom stereocenters. The Morgan fingerprint density at radius 1 is 1.23 bits per heavy atom. The Labute approximate surface area is 86.5 Å². The Morgan fingerprint density at radius 3 is 2.23 bits per heavy atom. The predicted octanol–water partition coefficient (Wildman–Crippen LogP) is 2.19. The van der Waals surface area contributed by atoms with E-state index >= 15 is 0 Å². The van der Waals surface area contributed by atoms with Gasteiger partial charge >= 0.3 is 0 Å². The van der Waals surface area contributed by atoms with Crippen molar-refractivity contribution in [2.24, 2.45) is 0 Å². The van der Waals surface area contributed by atoms with E-state index in [0.29, 0.717) is 6.04 Å². The highest BCUT2D eigenvalue weighted by atomic mass is 32.1. The molecule has 0 spiro atoms. The van der Waals surface area contributed by atoms with Crippen LogP contribution in [0.3, 0.4) is 0 Å². The summed E-state index contributed by atoms with van der Waals surface area (Å²) in [5.41, 5.74) is 0.0721. The van der Waals surface area contributed by atoms with Crippen LogP contribution < -0.4 is 10.6 Å². The third-order valence-corrected chi connectivity index (χ3v) is 2.40. The van der Waals surface area contributed by atoms with E-state index in [1.165, 1.54) is 25.7 Å². The lowest BCUT2D eigenvalue weighted by Crippen LogP contribution is -2.48. The molecule has 0 aliphatic heterocycles. The van der Waals surface area contributed by atoms with Crippen molar-refractivity contribution in [3.05, 3.63) is 0 Å². The zero-order chi connectivity index (χ0) is 9.90. The van der Waals surface area contributed by atoms with E-state index in [1.54, 1.807) is 0 Å².